The van der Waals surface area contributed by atoms with Crippen LogP contribution in [-0.4, -0.2) is 19.4 Å². The first-order chi connectivity index (χ1) is 9.04. The van der Waals surface area contributed by atoms with E-state index in [1.807, 2.05) is 0 Å². The third-order valence-electron chi connectivity index (χ3n) is 2.34. The van der Waals surface area contributed by atoms with Gasteiger partial charge in [0.05, 0.1) is 23.8 Å². The number of carbonyl (C=O) groups is 2. The molecule has 110 valence electrons. The van der Waals surface area contributed by atoms with Gasteiger partial charge in [-0.25, -0.2) is 4.79 Å². The number of benzene rings is 1. The first-order valence-electron chi connectivity index (χ1n) is 4.89. The lowest BCUT2D eigenvalue weighted by Crippen LogP contribution is -2.23. The predicted molar refractivity (Wildman–Crippen MR) is 53.2 cm³/mol. The summed E-state index contributed by atoms with van der Waals surface area (Å²) in [5, 5.41) is 0. The maximum absolute atomic E-state index is 12.8. The number of carbonyl (C=O) groups excluding carboxylic acids is 2. The summed E-state index contributed by atoms with van der Waals surface area (Å²) in [4.78, 5) is 21.7. The van der Waals surface area contributed by atoms with E-state index in [4.69, 9.17) is 0 Å². The van der Waals surface area contributed by atoms with Crippen LogP contribution in [0.5, 0.6) is 0 Å². The zero-order chi connectivity index (χ0) is 15.7. The van der Waals surface area contributed by atoms with Crippen LogP contribution in [0.4, 0.5) is 26.3 Å². The summed E-state index contributed by atoms with van der Waals surface area (Å²) < 4.78 is 80.8. The molecule has 0 N–H and O–H groups in total. The van der Waals surface area contributed by atoms with Crippen LogP contribution in [0.2, 0.25) is 0 Å². The zero-order valence-electron chi connectivity index (χ0n) is 9.72. The lowest BCUT2D eigenvalue weighted by molar-refractivity contribution is -0.162. The molecule has 0 aliphatic rings. The molecule has 0 aliphatic heterocycles. The van der Waals surface area contributed by atoms with E-state index >= 15 is 0 Å². The number of hydrogen-bond donors (Lipinski definition) is 0. The van der Waals surface area contributed by atoms with Crippen LogP contribution >= 0.6 is 0 Å². The molecule has 0 aliphatic carbocycles. The van der Waals surface area contributed by atoms with Crippen LogP contribution in [0.3, 0.4) is 0 Å². The third-order valence-corrected chi connectivity index (χ3v) is 2.34. The van der Waals surface area contributed by atoms with E-state index in [-0.39, 0.29) is 6.29 Å². The highest BCUT2D eigenvalue weighted by atomic mass is 19.4. The van der Waals surface area contributed by atoms with E-state index in [9.17, 15) is 35.9 Å². The summed E-state index contributed by atoms with van der Waals surface area (Å²) in [6, 6.07) is 0.949. The van der Waals surface area contributed by atoms with Crippen molar-refractivity contribution in [3.05, 3.63) is 34.4 Å². The Morgan fingerprint density at radius 2 is 1.55 bits per heavy atom. The Hall–Kier alpha value is -2.06. The summed E-state index contributed by atoms with van der Waals surface area (Å²) in [7, 11) is 0.726. The van der Waals surface area contributed by atoms with Gasteiger partial charge >= 0.3 is 18.3 Å². The van der Waals surface area contributed by atoms with Crippen LogP contribution in [0, 0.1) is 0 Å². The van der Waals surface area contributed by atoms with Crippen molar-refractivity contribution >= 4 is 12.3 Å². The molecule has 20 heavy (non-hydrogen) atoms. The van der Waals surface area contributed by atoms with E-state index in [1.165, 1.54) is 0 Å². The van der Waals surface area contributed by atoms with Gasteiger partial charge in [-0.05, 0) is 6.07 Å². The minimum Gasteiger partial charge on any atom is -0.465 e. The second-order valence-corrected chi connectivity index (χ2v) is 3.56. The topological polar surface area (TPSA) is 43.4 Å². The standard InChI is InChI=1S/C11H6F6O3/c1-20-9(19)6-3-2-5(4-18)7(10(12,13)14)8(6)11(15,16)17/h2-4H,1H3. The second-order valence-electron chi connectivity index (χ2n) is 3.56. The molecule has 0 bridgehead atoms. The van der Waals surface area contributed by atoms with E-state index < -0.39 is 40.6 Å². The SMILES string of the molecule is COC(=O)c1ccc(C=O)c(C(F)(F)F)c1C(F)(F)F. The normalized spacial score (nSPS) is 12.2. The van der Waals surface area contributed by atoms with Crippen molar-refractivity contribution in [2.75, 3.05) is 7.11 Å². The van der Waals surface area contributed by atoms with Crippen LogP contribution in [0.15, 0.2) is 12.1 Å². The van der Waals surface area contributed by atoms with Crippen LogP contribution in [0.1, 0.15) is 31.8 Å². The third kappa shape index (κ3) is 2.91. The van der Waals surface area contributed by atoms with Crippen LogP contribution in [-0.2, 0) is 17.1 Å². The predicted octanol–water partition coefficient (Wildman–Crippen LogP) is 3.32. The Bertz CT molecular complexity index is 544. The Morgan fingerprint density at radius 1 is 1.05 bits per heavy atom. The Labute approximate surface area is 108 Å². The fraction of sp³-hybridized carbons (Fsp3) is 0.273. The molecule has 1 aromatic carbocycles. The number of aldehydes is 1. The molecular weight excluding hydrogens is 294 g/mol. The number of halogens is 6. The van der Waals surface area contributed by atoms with Gasteiger partial charge in [0.25, 0.3) is 0 Å². The summed E-state index contributed by atoms with van der Waals surface area (Å²) >= 11 is 0. The first-order valence-corrected chi connectivity index (χ1v) is 4.89. The fourth-order valence-electron chi connectivity index (χ4n) is 1.60. The number of alkyl halides is 6. The van der Waals surface area contributed by atoms with Crippen molar-refractivity contribution in [1.82, 2.24) is 0 Å². The van der Waals surface area contributed by atoms with Crippen molar-refractivity contribution in [1.29, 1.82) is 0 Å². The lowest BCUT2D eigenvalue weighted by Gasteiger charge is -2.19. The summed E-state index contributed by atoms with van der Waals surface area (Å²) in [6.45, 7) is 0. The van der Waals surface area contributed by atoms with E-state index in [2.05, 4.69) is 4.74 Å². The molecule has 9 heteroatoms. The van der Waals surface area contributed by atoms with Crippen molar-refractivity contribution < 1.29 is 40.7 Å². The molecule has 0 saturated carbocycles. The molecule has 0 unspecified atom stereocenters. The largest absolute Gasteiger partial charge is 0.465 e. The van der Waals surface area contributed by atoms with Gasteiger partial charge in [0, 0.05) is 5.56 Å². The van der Waals surface area contributed by atoms with Gasteiger partial charge in [-0.3, -0.25) is 4.79 Å². The summed E-state index contributed by atoms with van der Waals surface area (Å²) in [5.74, 6) is -1.58. The molecule has 0 heterocycles. The maximum Gasteiger partial charge on any atom is 0.417 e. The summed E-state index contributed by atoms with van der Waals surface area (Å²) in [6.07, 6.45) is -11.3. The highest BCUT2D eigenvalue weighted by Gasteiger charge is 2.47. The summed E-state index contributed by atoms with van der Waals surface area (Å²) in [5.41, 5.74) is -6.96. The number of rotatable bonds is 2. The Kier molecular flexibility index (Phi) is 4.11. The molecule has 0 fully saturated rings. The second kappa shape index (κ2) is 5.14. The van der Waals surface area contributed by atoms with Crippen LogP contribution < -0.4 is 0 Å². The molecule has 0 saturated heterocycles. The van der Waals surface area contributed by atoms with Gasteiger partial charge in [0.1, 0.15) is 0 Å². The molecule has 0 amide bonds. The van der Waals surface area contributed by atoms with Gasteiger partial charge in [-0.2, -0.15) is 26.3 Å². The van der Waals surface area contributed by atoms with Crippen molar-refractivity contribution in [2.45, 2.75) is 12.4 Å². The minimum atomic E-state index is -5.48. The number of esters is 1. The van der Waals surface area contributed by atoms with E-state index in [0.29, 0.717) is 12.1 Å². The first kappa shape index (κ1) is 16.0. The molecule has 0 atom stereocenters. The lowest BCUT2D eigenvalue weighted by atomic mass is 9.95. The molecule has 0 aromatic heterocycles. The molecule has 1 rings (SSSR count). The number of ether oxygens (including phenoxy) is 1. The monoisotopic (exact) mass is 300 g/mol. The highest BCUT2D eigenvalue weighted by molar-refractivity contribution is 5.93. The van der Waals surface area contributed by atoms with Gasteiger partial charge in [0.15, 0.2) is 6.29 Å². The quantitative estimate of drug-likeness (QED) is 0.478. The van der Waals surface area contributed by atoms with Gasteiger partial charge in [-0.15, -0.1) is 0 Å². The molecular formula is C11H6F6O3. The molecule has 0 spiro atoms. The van der Waals surface area contributed by atoms with E-state index in [0.717, 1.165) is 7.11 Å². The maximum atomic E-state index is 12.8. The van der Waals surface area contributed by atoms with Gasteiger partial charge in [0.2, 0.25) is 0 Å². The number of methoxy groups -OCH3 is 1. The fourth-order valence-corrected chi connectivity index (χ4v) is 1.60. The Morgan fingerprint density at radius 3 is 1.90 bits per heavy atom. The van der Waals surface area contributed by atoms with Crippen molar-refractivity contribution in [3.63, 3.8) is 0 Å². The molecule has 0 radical (unpaired) electrons. The average Bonchev–Trinajstić information content (AvgIpc) is 2.33. The van der Waals surface area contributed by atoms with Crippen molar-refractivity contribution in [3.8, 4) is 0 Å². The molecule has 1 aromatic rings. The van der Waals surface area contributed by atoms with Crippen molar-refractivity contribution in [2.24, 2.45) is 0 Å². The molecule has 3 nitrogen and oxygen atoms in total. The zero-order valence-corrected chi connectivity index (χ0v) is 9.72. The van der Waals surface area contributed by atoms with Gasteiger partial charge in [-0.1, -0.05) is 6.07 Å². The van der Waals surface area contributed by atoms with Gasteiger partial charge < -0.3 is 4.74 Å². The van der Waals surface area contributed by atoms with E-state index in [1.54, 1.807) is 0 Å². The number of hydrogen-bond acceptors (Lipinski definition) is 3. The minimum absolute atomic E-state index is 0.362. The average molecular weight is 300 g/mol. The Balaban J connectivity index is 3.86. The smallest absolute Gasteiger partial charge is 0.417 e. The highest BCUT2D eigenvalue weighted by Crippen LogP contribution is 2.43. The van der Waals surface area contributed by atoms with Crippen LogP contribution in [0.25, 0.3) is 0 Å².